The lowest BCUT2D eigenvalue weighted by atomic mass is 9.84. The van der Waals surface area contributed by atoms with Gasteiger partial charge in [-0.1, -0.05) is 34.5 Å². The Kier molecular flexibility index (Phi) is 11.3. The molecule has 2 rings (SSSR count). The minimum Gasteiger partial charge on any atom is -0.477 e. The number of ether oxygens (including phenoxy) is 1. The molecule has 3 N–H and O–H groups in total. The number of hydrogen-bond acceptors (Lipinski definition) is 8. The van der Waals surface area contributed by atoms with E-state index in [9.17, 15) is 18.8 Å². The van der Waals surface area contributed by atoms with Crippen molar-refractivity contribution < 1.29 is 27.7 Å². The lowest BCUT2D eigenvalue weighted by Gasteiger charge is -2.27. The molecule has 0 radical (unpaired) electrons. The van der Waals surface area contributed by atoms with E-state index in [1.165, 1.54) is 36.2 Å². The molecule has 13 heteroatoms. The summed E-state index contributed by atoms with van der Waals surface area (Å²) in [5.74, 6) is -0.220. The van der Waals surface area contributed by atoms with Gasteiger partial charge in [0.1, 0.15) is 12.8 Å². The molecule has 9 nitrogen and oxygen atoms in total. The number of nitrogens with one attached hydrogen (secondary N) is 2. The van der Waals surface area contributed by atoms with Crippen molar-refractivity contribution >= 4 is 39.2 Å². The molecule has 0 spiro atoms. The Morgan fingerprint density at radius 2 is 2.00 bits per heavy atom. The lowest BCUT2D eigenvalue weighted by molar-refractivity contribution is -1.03. The third-order valence-electron chi connectivity index (χ3n) is 5.94. The van der Waals surface area contributed by atoms with Gasteiger partial charge in [-0.05, 0) is 56.5 Å². The summed E-state index contributed by atoms with van der Waals surface area (Å²) in [7, 11) is 1.46. The van der Waals surface area contributed by atoms with Gasteiger partial charge in [0.15, 0.2) is 11.9 Å². The van der Waals surface area contributed by atoms with Crippen molar-refractivity contribution in [2.75, 3.05) is 6.61 Å². The molecule has 0 saturated heterocycles. The Morgan fingerprint density at radius 1 is 1.35 bits per heavy atom. The Balaban J connectivity index is 2.27. The van der Waals surface area contributed by atoms with Crippen molar-refractivity contribution in [2.24, 2.45) is 10.4 Å². The van der Waals surface area contributed by atoms with Crippen LogP contribution >= 0.6 is 22.1 Å². The number of amides is 1. The zero-order valence-corrected chi connectivity index (χ0v) is 25.5. The van der Waals surface area contributed by atoms with Gasteiger partial charge in [0, 0.05) is 24.1 Å². The molecule has 0 bridgehead atoms. The SMILES string of the molecule is C=C(/C=C\C(=C/C)c1cncc(OCC)n1)NC(=O)C(C)(C)C(/C=C(\C)C(F)(F)P)=N/C(=C)N[N+](O)(S)C1CC1. The highest BCUT2D eigenvalue weighted by atomic mass is 32.1. The number of hydrogen-bond donors (Lipinski definition) is 4. The third-order valence-corrected chi connectivity index (χ3v) is 6.82. The quantitative estimate of drug-likeness (QED) is 0.0562. The van der Waals surface area contributed by atoms with Gasteiger partial charge < -0.3 is 10.1 Å². The van der Waals surface area contributed by atoms with Gasteiger partial charge in [-0.2, -0.15) is 19.4 Å². The van der Waals surface area contributed by atoms with Crippen LogP contribution in [0.1, 0.15) is 53.2 Å². The zero-order valence-electron chi connectivity index (χ0n) is 23.4. The number of hydroxylamine groups is 1. The van der Waals surface area contributed by atoms with E-state index >= 15 is 0 Å². The third kappa shape index (κ3) is 9.62. The molecule has 2 unspecified atom stereocenters. The predicted octanol–water partition coefficient (Wildman–Crippen LogP) is 5.54. The van der Waals surface area contributed by atoms with E-state index in [1.807, 2.05) is 19.9 Å². The van der Waals surface area contributed by atoms with Crippen molar-refractivity contribution in [3.05, 3.63) is 72.6 Å². The Bertz CT molecular complexity index is 1250. The van der Waals surface area contributed by atoms with Crippen LogP contribution in [0.2, 0.25) is 0 Å². The van der Waals surface area contributed by atoms with Crippen LogP contribution in [0, 0.1) is 5.41 Å². The second kappa shape index (κ2) is 13.6. The monoisotopic (exact) mass is 595 g/mol. The number of thiol groups is 1. The minimum atomic E-state index is -3.23. The van der Waals surface area contributed by atoms with Crippen LogP contribution in [0.25, 0.3) is 5.57 Å². The second-order valence-electron chi connectivity index (χ2n) is 9.74. The number of allylic oxidation sites excluding steroid dienone is 6. The molecule has 40 heavy (non-hydrogen) atoms. The fraction of sp³-hybridized carbons (Fsp3) is 0.407. The average Bonchev–Trinajstić information content (AvgIpc) is 3.70. The largest absolute Gasteiger partial charge is 0.477 e. The molecule has 1 aliphatic rings. The van der Waals surface area contributed by atoms with Crippen molar-refractivity contribution in [1.82, 2.24) is 20.7 Å². The first-order valence-electron chi connectivity index (χ1n) is 12.6. The van der Waals surface area contributed by atoms with Crippen molar-refractivity contribution in [1.29, 1.82) is 0 Å². The molecule has 0 aromatic carbocycles. The number of halogens is 2. The standard InChI is InChI=1S/C27H37F2N6O3PS/c1-8-20(22-15-30-16-24(33-22)38-9-2)11-10-18(4)31-25(36)26(6,7)23(14-17(3)27(28,29)39)32-19(5)34-35(37,40)21-12-13-21/h8,10-11,14-16,21,34,37,40H,4-5,9,12-13,39H2,1-3,6-7H3/p+1/b11-10-,17-14+,20-8+,32-23+. The molecule has 2 atom stereocenters. The van der Waals surface area contributed by atoms with E-state index in [4.69, 9.17) is 4.74 Å². The first kappa shape index (κ1) is 33.3. The number of alkyl halides is 2. The van der Waals surface area contributed by atoms with Gasteiger partial charge in [0.05, 0.1) is 35.8 Å². The number of carbonyl (C=O) groups excluding carboxylic acids is 1. The Hall–Kier alpha value is -2.92. The Labute approximate surface area is 242 Å². The summed E-state index contributed by atoms with van der Waals surface area (Å²) in [6.45, 7) is 16.1. The van der Waals surface area contributed by atoms with Gasteiger partial charge in [-0.3, -0.25) is 9.78 Å². The first-order valence-corrected chi connectivity index (χ1v) is 13.5. The minimum absolute atomic E-state index is 0.0137. The Morgan fingerprint density at radius 3 is 2.55 bits per heavy atom. The van der Waals surface area contributed by atoms with Crippen LogP contribution in [-0.4, -0.2) is 49.3 Å². The average molecular weight is 596 g/mol. The topological polar surface area (TPSA) is 109 Å². The number of nitrogens with zero attached hydrogens (tertiary/aromatic N) is 4. The van der Waals surface area contributed by atoms with Crippen LogP contribution in [0.3, 0.4) is 0 Å². The van der Waals surface area contributed by atoms with Crippen molar-refractivity contribution in [2.45, 2.75) is 59.2 Å². The highest BCUT2D eigenvalue weighted by Gasteiger charge is 2.44. The normalized spacial score (nSPS) is 16.9. The molecule has 218 valence electrons. The van der Waals surface area contributed by atoms with Gasteiger partial charge in [-0.25, -0.2) is 9.98 Å². The molecule has 1 saturated carbocycles. The van der Waals surface area contributed by atoms with Crippen LogP contribution in [-0.2, 0) is 4.79 Å². The van der Waals surface area contributed by atoms with Crippen LogP contribution < -0.4 is 15.5 Å². The number of quaternary nitrogens is 1. The summed E-state index contributed by atoms with van der Waals surface area (Å²) in [6.07, 6.45) is 10.8. The van der Waals surface area contributed by atoms with Gasteiger partial charge in [0.2, 0.25) is 11.8 Å². The molecular formula is C27H38F2N6O3PS+. The maximum atomic E-state index is 14.0. The summed E-state index contributed by atoms with van der Waals surface area (Å²) < 4.78 is 32.6. The maximum absolute atomic E-state index is 14.0. The number of aliphatic imine (C=N–C) groups is 1. The van der Waals surface area contributed by atoms with E-state index in [-0.39, 0.29) is 28.8 Å². The molecule has 1 fully saturated rings. The fourth-order valence-corrected chi connectivity index (χ4v) is 3.65. The van der Waals surface area contributed by atoms with Gasteiger partial charge >= 0.3 is 0 Å². The van der Waals surface area contributed by atoms with Crippen molar-refractivity contribution in [3.8, 4) is 5.88 Å². The highest BCUT2D eigenvalue weighted by Crippen LogP contribution is 2.34. The van der Waals surface area contributed by atoms with Gasteiger partial charge in [-0.15, -0.1) is 0 Å². The van der Waals surface area contributed by atoms with Crippen molar-refractivity contribution in [3.63, 3.8) is 0 Å². The zero-order chi connectivity index (χ0) is 30.3. The number of rotatable bonds is 14. The summed E-state index contributed by atoms with van der Waals surface area (Å²) >= 11 is 4.16. The smallest absolute Gasteiger partial charge is 0.280 e. The highest BCUT2D eigenvalue weighted by molar-refractivity contribution is 7.74. The van der Waals surface area contributed by atoms with Gasteiger partial charge in [0.25, 0.3) is 5.66 Å². The lowest BCUT2D eigenvalue weighted by Crippen LogP contribution is -2.48. The van der Waals surface area contributed by atoms with Crippen LogP contribution in [0.4, 0.5) is 8.78 Å². The molecule has 1 aromatic rings. The summed E-state index contributed by atoms with van der Waals surface area (Å²) in [6, 6.07) is -0.159. The first-order chi connectivity index (χ1) is 18.5. The van der Waals surface area contributed by atoms with E-state index in [1.54, 1.807) is 18.3 Å². The predicted molar refractivity (Wildman–Crippen MR) is 159 cm³/mol. The summed E-state index contributed by atoms with van der Waals surface area (Å²) in [5.41, 5.74) is -0.828. The molecule has 1 aliphatic carbocycles. The summed E-state index contributed by atoms with van der Waals surface area (Å²) in [5, 5.41) is 13.1. The van der Waals surface area contributed by atoms with E-state index in [0.717, 1.165) is 18.9 Å². The molecule has 1 heterocycles. The van der Waals surface area contributed by atoms with E-state index < -0.39 is 21.1 Å². The molecule has 1 amide bonds. The summed E-state index contributed by atoms with van der Waals surface area (Å²) in [4.78, 5) is 26.2. The van der Waals surface area contributed by atoms with Crippen LogP contribution in [0.5, 0.6) is 5.88 Å². The van der Waals surface area contributed by atoms with E-state index in [0.29, 0.717) is 23.8 Å². The maximum Gasteiger partial charge on any atom is 0.280 e. The molecule has 0 aliphatic heterocycles. The van der Waals surface area contributed by atoms with E-state index in [2.05, 4.69) is 51.7 Å². The fourth-order valence-electron chi connectivity index (χ4n) is 3.22. The molecule has 1 aromatic heterocycles. The van der Waals surface area contributed by atoms with Crippen LogP contribution in [0.15, 0.2) is 71.9 Å². The number of aromatic nitrogens is 2. The molecular weight excluding hydrogens is 557 g/mol. The number of carbonyl (C=O) groups is 1. The second-order valence-corrected chi connectivity index (χ2v) is 11.1.